The number of pyridine rings is 1. The summed E-state index contributed by atoms with van der Waals surface area (Å²) in [6.45, 7) is -2.84. The predicted molar refractivity (Wildman–Crippen MR) is 71.3 cm³/mol. The third kappa shape index (κ3) is 4.08. The summed E-state index contributed by atoms with van der Waals surface area (Å²) in [5.74, 6) is -0.810. The van der Waals surface area contributed by atoms with Gasteiger partial charge >= 0.3 is 6.61 Å². The van der Waals surface area contributed by atoms with Crippen molar-refractivity contribution in [3.63, 3.8) is 0 Å². The second-order valence-corrected chi connectivity index (χ2v) is 4.14. The highest BCUT2D eigenvalue weighted by molar-refractivity contribution is 5.61. The van der Waals surface area contributed by atoms with Crippen molar-refractivity contribution in [3.8, 4) is 5.75 Å². The molecular weight excluding hydrogens is 303 g/mol. The molecule has 1 aromatic heterocycles. The fraction of sp³-hybridized carbons (Fsp3) is 0.154. The molecule has 2 aromatic rings. The lowest BCUT2D eigenvalue weighted by molar-refractivity contribution is -0.384. The molecule has 1 aromatic carbocycles. The van der Waals surface area contributed by atoms with Crippen molar-refractivity contribution in [2.24, 2.45) is 0 Å². The number of anilines is 1. The first-order valence-corrected chi connectivity index (χ1v) is 6.03. The molecule has 0 aliphatic heterocycles. The fourth-order valence-corrected chi connectivity index (χ4v) is 1.68. The van der Waals surface area contributed by atoms with Gasteiger partial charge in [-0.25, -0.2) is 4.39 Å². The minimum atomic E-state index is -2.94. The maximum atomic E-state index is 13.0. The van der Waals surface area contributed by atoms with E-state index in [-0.39, 0.29) is 18.0 Å². The van der Waals surface area contributed by atoms with Crippen LogP contribution >= 0.6 is 0 Å². The Labute approximate surface area is 122 Å². The number of aromatic nitrogens is 1. The van der Waals surface area contributed by atoms with E-state index in [4.69, 9.17) is 0 Å². The first-order chi connectivity index (χ1) is 10.5. The molecule has 0 atom stereocenters. The van der Waals surface area contributed by atoms with Gasteiger partial charge < -0.3 is 10.1 Å². The van der Waals surface area contributed by atoms with Gasteiger partial charge in [-0.3, -0.25) is 15.1 Å². The molecule has 0 fully saturated rings. The van der Waals surface area contributed by atoms with Crippen molar-refractivity contribution in [1.82, 2.24) is 4.98 Å². The smallest absolute Gasteiger partial charge is 0.387 e. The number of hydrogen-bond acceptors (Lipinski definition) is 5. The lowest BCUT2D eigenvalue weighted by atomic mass is 10.2. The zero-order valence-corrected chi connectivity index (χ0v) is 11.0. The SMILES string of the molecule is O=[N+]([O-])c1cc(F)ccc1NCc1ccc(OC(F)F)cn1. The largest absolute Gasteiger partial charge is 0.433 e. The molecule has 1 N–H and O–H groups in total. The van der Waals surface area contributed by atoms with Gasteiger partial charge in [0, 0.05) is 0 Å². The Balaban J connectivity index is 2.05. The van der Waals surface area contributed by atoms with Crippen molar-refractivity contribution < 1.29 is 22.8 Å². The maximum absolute atomic E-state index is 13.0. The van der Waals surface area contributed by atoms with E-state index in [2.05, 4.69) is 15.0 Å². The van der Waals surface area contributed by atoms with E-state index in [9.17, 15) is 23.3 Å². The predicted octanol–water partition coefficient (Wildman–Crippen LogP) is 3.34. The van der Waals surface area contributed by atoms with Gasteiger partial charge in [0.2, 0.25) is 0 Å². The maximum Gasteiger partial charge on any atom is 0.387 e. The topological polar surface area (TPSA) is 77.3 Å². The van der Waals surface area contributed by atoms with E-state index in [1.165, 1.54) is 18.2 Å². The summed E-state index contributed by atoms with van der Waals surface area (Å²) in [5, 5.41) is 13.6. The number of nitrogens with one attached hydrogen (secondary N) is 1. The highest BCUT2D eigenvalue weighted by Crippen LogP contribution is 2.25. The van der Waals surface area contributed by atoms with Crippen molar-refractivity contribution in [2.45, 2.75) is 13.2 Å². The molecule has 0 spiro atoms. The van der Waals surface area contributed by atoms with Crippen molar-refractivity contribution >= 4 is 11.4 Å². The zero-order chi connectivity index (χ0) is 16.1. The monoisotopic (exact) mass is 313 g/mol. The third-order valence-electron chi connectivity index (χ3n) is 2.64. The molecule has 0 aliphatic rings. The fourth-order valence-electron chi connectivity index (χ4n) is 1.68. The first-order valence-electron chi connectivity index (χ1n) is 6.03. The number of nitro groups is 1. The first kappa shape index (κ1) is 15.5. The van der Waals surface area contributed by atoms with E-state index in [0.29, 0.717) is 5.69 Å². The van der Waals surface area contributed by atoms with Gasteiger partial charge in [-0.1, -0.05) is 0 Å². The standard InChI is InChI=1S/C13H10F3N3O3/c14-8-1-4-11(12(5-8)19(20)21)18-6-9-2-3-10(7-17-9)22-13(15)16/h1-5,7,13,18H,6H2. The highest BCUT2D eigenvalue weighted by Gasteiger charge is 2.14. The van der Waals surface area contributed by atoms with E-state index in [1.54, 1.807) is 0 Å². The van der Waals surface area contributed by atoms with Gasteiger partial charge in [-0.05, 0) is 24.3 Å². The molecule has 2 rings (SSSR count). The van der Waals surface area contributed by atoms with Gasteiger partial charge in [0.05, 0.1) is 29.4 Å². The van der Waals surface area contributed by atoms with Crippen LogP contribution in [0.4, 0.5) is 24.5 Å². The average molecular weight is 313 g/mol. The molecule has 6 nitrogen and oxygen atoms in total. The van der Waals surface area contributed by atoms with Gasteiger partial charge in [-0.15, -0.1) is 0 Å². The van der Waals surface area contributed by atoms with Crippen molar-refractivity contribution in [1.29, 1.82) is 0 Å². The number of benzene rings is 1. The molecule has 22 heavy (non-hydrogen) atoms. The summed E-state index contributed by atoms with van der Waals surface area (Å²) in [5.41, 5.74) is 0.166. The second-order valence-electron chi connectivity index (χ2n) is 4.14. The Bertz CT molecular complexity index is 665. The number of rotatable bonds is 6. The average Bonchev–Trinajstić information content (AvgIpc) is 2.46. The van der Waals surface area contributed by atoms with Crippen LogP contribution in [0.3, 0.4) is 0 Å². The number of alkyl halides is 2. The number of ether oxygens (including phenoxy) is 1. The van der Waals surface area contributed by atoms with E-state index in [1.807, 2.05) is 0 Å². The Morgan fingerprint density at radius 1 is 1.32 bits per heavy atom. The summed E-state index contributed by atoms with van der Waals surface area (Å²) in [7, 11) is 0. The van der Waals surface area contributed by atoms with Gasteiger partial charge in [-0.2, -0.15) is 8.78 Å². The van der Waals surface area contributed by atoms with Gasteiger partial charge in [0.25, 0.3) is 5.69 Å². The molecule has 0 saturated heterocycles. The van der Waals surface area contributed by atoms with Crippen LogP contribution in [0.2, 0.25) is 0 Å². The summed E-state index contributed by atoms with van der Waals surface area (Å²) in [6.07, 6.45) is 1.11. The van der Waals surface area contributed by atoms with Crippen molar-refractivity contribution in [3.05, 3.63) is 58.2 Å². The van der Waals surface area contributed by atoms with Crippen LogP contribution in [0.1, 0.15) is 5.69 Å². The second kappa shape index (κ2) is 6.74. The van der Waals surface area contributed by atoms with Crippen LogP contribution in [-0.4, -0.2) is 16.5 Å². The van der Waals surface area contributed by atoms with Crippen molar-refractivity contribution in [2.75, 3.05) is 5.32 Å². The quantitative estimate of drug-likeness (QED) is 0.653. The van der Waals surface area contributed by atoms with E-state index < -0.39 is 23.0 Å². The Morgan fingerprint density at radius 2 is 2.09 bits per heavy atom. The Hall–Kier alpha value is -2.84. The zero-order valence-electron chi connectivity index (χ0n) is 11.0. The van der Waals surface area contributed by atoms with E-state index in [0.717, 1.165) is 18.3 Å². The lowest BCUT2D eigenvalue weighted by Gasteiger charge is -2.08. The molecule has 1 heterocycles. The molecule has 0 amide bonds. The highest BCUT2D eigenvalue weighted by atomic mass is 19.3. The Morgan fingerprint density at radius 3 is 2.68 bits per heavy atom. The molecule has 0 aliphatic carbocycles. The van der Waals surface area contributed by atoms with E-state index >= 15 is 0 Å². The number of hydrogen-bond donors (Lipinski definition) is 1. The lowest BCUT2D eigenvalue weighted by Crippen LogP contribution is -2.06. The van der Waals surface area contributed by atoms with Crippen LogP contribution in [0, 0.1) is 15.9 Å². The van der Waals surface area contributed by atoms with Crippen LogP contribution < -0.4 is 10.1 Å². The molecule has 0 radical (unpaired) electrons. The molecule has 0 saturated carbocycles. The molecule has 9 heteroatoms. The van der Waals surface area contributed by atoms with Gasteiger partial charge in [0.15, 0.2) is 0 Å². The minimum absolute atomic E-state index is 0.0912. The molecule has 0 unspecified atom stereocenters. The molecule has 0 bridgehead atoms. The van der Waals surface area contributed by atoms with Crippen LogP contribution in [-0.2, 0) is 6.54 Å². The molecule has 116 valence electrons. The summed E-state index contributed by atoms with van der Waals surface area (Å²) < 4.78 is 41.1. The third-order valence-corrected chi connectivity index (χ3v) is 2.64. The Kier molecular flexibility index (Phi) is 4.77. The summed E-state index contributed by atoms with van der Waals surface area (Å²) in [4.78, 5) is 14.0. The van der Waals surface area contributed by atoms with Gasteiger partial charge in [0.1, 0.15) is 17.3 Å². The number of nitro benzene ring substituents is 1. The minimum Gasteiger partial charge on any atom is -0.433 e. The number of halogens is 3. The van der Waals surface area contributed by atoms with Crippen LogP contribution in [0.15, 0.2) is 36.5 Å². The summed E-state index contributed by atoms with van der Waals surface area (Å²) >= 11 is 0. The van der Waals surface area contributed by atoms with Crippen LogP contribution in [0.25, 0.3) is 0 Å². The molecular formula is C13H10F3N3O3. The normalized spacial score (nSPS) is 10.5. The number of nitrogens with zero attached hydrogens (tertiary/aromatic N) is 2. The van der Waals surface area contributed by atoms with Crippen LogP contribution in [0.5, 0.6) is 5.75 Å². The summed E-state index contributed by atoms with van der Waals surface area (Å²) in [6, 6.07) is 5.86.